The van der Waals surface area contributed by atoms with E-state index in [1.807, 2.05) is 0 Å². The summed E-state index contributed by atoms with van der Waals surface area (Å²) in [6.07, 6.45) is -2.47. The molecule has 0 radical (unpaired) electrons. The second-order valence-electron chi connectivity index (χ2n) is 2.14. The minimum absolute atomic E-state index is 0.135. The fourth-order valence-corrected chi connectivity index (χ4v) is 0.512. The molecule has 0 rings (SSSR count). The summed E-state index contributed by atoms with van der Waals surface area (Å²) < 4.78 is 4.49. The Balaban J connectivity index is 3.90. The van der Waals surface area contributed by atoms with Gasteiger partial charge in [-0.05, 0) is 0 Å². The first-order valence-corrected chi connectivity index (χ1v) is 3.53. The summed E-state index contributed by atoms with van der Waals surface area (Å²) in [5, 5.41) is 25.7. The van der Waals surface area contributed by atoms with Crippen LogP contribution in [0, 0.1) is 0 Å². The smallest absolute Gasteiger partial charge is 0.307 e. The summed E-state index contributed by atoms with van der Waals surface area (Å²) >= 11 is 0. The molecule has 0 spiro atoms. The topological polar surface area (TPSA) is 99.0 Å². The zero-order chi connectivity index (χ0) is 9.56. The number of nitrogens with one attached hydrogen (secondary N) is 1. The van der Waals surface area contributed by atoms with Crippen LogP contribution in [0.15, 0.2) is 0 Å². The molecule has 2 atom stereocenters. The van der Waals surface area contributed by atoms with Crippen molar-refractivity contribution in [2.75, 3.05) is 6.61 Å². The number of esters is 1. The molecule has 0 aromatic rings. The minimum Gasteiger partial charge on any atom is -0.441 e. The standard InChI is InChI=1S/C6H13NO5/c1-2-5(10)12-6(7-11)4(9)3-8/h4,6-9,11H,2-3H2,1H3. The Labute approximate surface area is 69.7 Å². The Morgan fingerprint density at radius 3 is 2.58 bits per heavy atom. The van der Waals surface area contributed by atoms with Gasteiger partial charge in [-0.2, -0.15) is 5.48 Å². The molecular formula is C6H13NO5. The van der Waals surface area contributed by atoms with Gasteiger partial charge < -0.3 is 20.2 Å². The van der Waals surface area contributed by atoms with Gasteiger partial charge in [-0.25, -0.2) is 0 Å². The van der Waals surface area contributed by atoms with E-state index < -0.39 is 24.9 Å². The fourth-order valence-electron chi connectivity index (χ4n) is 0.512. The predicted octanol–water partition coefficient (Wildman–Crippen LogP) is -1.40. The molecule has 0 bridgehead atoms. The van der Waals surface area contributed by atoms with Crippen LogP contribution in [-0.4, -0.2) is 40.3 Å². The van der Waals surface area contributed by atoms with E-state index >= 15 is 0 Å². The highest BCUT2D eigenvalue weighted by atomic mass is 16.6. The van der Waals surface area contributed by atoms with Crippen molar-refractivity contribution < 1.29 is 25.0 Å². The van der Waals surface area contributed by atoms with E-state index in [0.29, 0.717) is 0 Å². The summed E-state index contributed by atoms with van der Waals surface area (Å²) in [6.45, 7) is 0.970. The lowest BCUT2D eigenvalue weighted by atomic mass is 10.3. The highest BCUT2D eigenvalue weighted by molar-refractivity contribution is 5.69. The molecule has 0 aromatic heterocycles. The van der Waals surface area contributed by atoms with Gasteiger partial charge in [0.1, 0.15) is 6.10 Å². The molecule has 2 unspecified atom stereocenters. The zero-order valence-corrected chi connectivity index (χ0v) is 6.73. The normalized spacial score (nSPS) is 15.3. The quantitative estimate of drug-likeness (QED) is 0.235. The minimum atomic E-state index is -1.33. The number of hydrogen-bond acceptors (Lipinski definition) is 6. The maximum absolute atomic E-state index is 10.6. The van der Waals surface area contributed by atoms with Crippen molar-refractivity contribution in [2.45, 2.75) is 25.7 Å². The molecule has 0 amide bonds. The predicted molar refractivity (Wildman–Crippen MR) is 38.2 cm³/mol. The molecule has 0 heterocycles. The van der Waals surface area contributed by atoms with Gasteiger partial charge in [0, 0.05) is 6.42 Å². The van der Waals surface area contributed by atoms with Gasteiger partial charge in [0.25, 0.3) is 0 Å². The van der Waals surface area contributed by atoms with Gasteiger partial charge in [0.05, 0.1) is 6.61 Å². The molecule has 0 saturated heterocycles. The first kappa shape index (κ1) is 11.3. The first-order valence-electron chi connectivity index (χ1n) is 3.53. The van der Waals surface area contributed by atoms with Crippen molar-refractivity contribution in [2.24, 2.45) is 0 Å². The van der Waals surface area contributed by atoms with E-state index in [2.05, 4.69) is 4.74 Å². The van der Waals surface area contributed by atoms with E-state index in [4.69, 9.17) is 15.4 Å². The van der Waals surface area contributed by atoms with E-state index in [0.717, 1.165) is 0 Å². The number of aliphatic hydroxyl groups excluding tert-OH is 2. The van der Waals surface area contributed by atoms with E-state index in [1.165, 1.54) is 0 Å². The maximum atomic E-state index is 10.6. The average Bonchev–Trinajstić information content (AvgIpc) is 2.12. The van der Waals surface area contributed by atoms with Crippen molar-refractivity contribution in [1.82, 2.24) is 5.48 Å². The summed E-state index contributed by atoms with van der Waals surface area (Å²) in [7, 11) is 0. The van der Waals surface area contributed by atoms with E-state index in [9.17, 15) is 4.79 Å². The second-order valence-corrected chi connectivity index (χ2v) is 2.14. The van der Waals surface area contributed by atoms with Crippen molar-refractivity contribution in [3.63, 3.8) is 0 Å². The van der Waals surface area contributed by atoms with Crippen molar-refractivity contribution in [3.8, 4) is 0 Å². The van der Waals surface area contributed by atoms with Crippen LogP contribution in [0.3, 0.4) is 0 Å². The molecule has 0 aliphatic rings. The van der Waals surface area contributed by atoms with Gasteiger partial charge in [-0.15, -0.1) is 0 Å². The van der Waals surface area contributed by atoms with Crippen LogP contribution >= 0.6 is 0 Å². The van der Waals surface area contributed by atoms with Crippen LogP contribution in [0.1, 0.15) is 13.3 Å². The highest BCUT2D eigenvalue weighted by Gasteiger charge is 2.20. The summed E-state index contributed by atoms with van der Waals surface area (Å²) in [6, 6.07) is 0. The highest BCUT2D eigenvalue weighted by Crippen LogP contribution is 1.96. The SMILES string of the molecule is CCC(=O)OC(NO)C(O)CO. The van der Waals surface area contributed by atoms with Crippen molar-refractivity contribution in [3.05, 3.63) is 0 Å². The number of ether oxygens (including phenoxy) is 1. The van der Waals surface area contributed by atoms with Gasteiger partial charge >= 0.3 is 5.97 Å². The zero-order valence-electron chi connectivity index (χ0n) is 6.73. The first-order chi connectivity index (χ1) is 5.65. The summed E-state index contributed by atoms with van der Waals surface area (Å²) in [4.78, 5) is 10.6. The third-order valence-electron chi connectivity index (χ3n) is 1.21. The second kappa shape index (κ2) is 5.90. The molecule has 4 N–H and O–H groups in total. The van der Waals surface area contributed by atoms with Gasteiger partial charge in [0.2, 0.25) is 6.23 Å². The Morgan fingerprint density at radius 1 is 1.67 bits per heavy atom. The van der Waals surface area contributed by atoms with E-state index in [1.54, 1.807) is 12.4 Å². The fraction of sp³-hybridized carbons (Fsp3) is 0.833. The number of rotatable bonds is 5. The number of carbonyl (C=O) groups excluding carboxylic acids is 1. The number of aliphatic hydroxyl groups is 2. The third-order valence-corrected chi connectivity index (χ3v) is 1.21. The molecule has 0 saturated carbocycles. The lowest BCUT2D eigenvalue weighted by molar-refractivity contribution is -0.170. The number of hydrogen-bond donors (Lipinski definition) is 4. The Hall–Kier alpha value is -0.690. The maximum Gasteiger partial charge on any atom is 0.307 e. The lowest BCUT2D eigenvalue weighted by Gasteiger charge is -2.19. The van der Waals surface area contributed by atoms with Gasteiger partial charge in [-0.1, -0.05) is 6.92 Å². The average molecular weight is 179 g/mol. The van der Waals surface area contributed by atoms with Crippen LogP contribution in [0.25, 0.3) is 0 Å². The van der Waals surface area contributed by atoms with Crippen LogP contribution in [0.4, 0.5) is 0 Å². The lowest BCUT2D eigenvalue weighted by Crippen LogP contribution is -2.43. The molecule has 72 valence electrons. The van der Waals surface area contributed by atoms with Crippen molar-refractivity contribution >= 4 is 5.97 Å². The number of hydroxylamine groups is 1. The summed E-state index contributed by atoms with van der Waals surface area (Å²) in [5.74, 6) is -0.575. The monoisotopic (exact) mass is 179 g/mol. The van der Waals surface area contributed by atoms with Crippen LogP contribution in [-0.2, 0) is 9.53 Å². The Bertz CT molecular complexity index is 140. The third kappa shape index (κ3) is 3.63. The van der Waals surface area contributed by atoms with Gasteiger partial charge in [-0.3, -0.25) is 4.79 Å². The molecule has 12 heavy (non-hydrogen) atoms. The Kier molecular flexibility index (Phi) is 5.56. The largest absolute Gasteiger partial charge is 0.441 e. The molecule has 0 fully saturated rings. The van der Waals surface area contributed by atoms with Crippen LogP contribution in [0.2, 0.25) is 0 Å². The van der Waals surface area contributed by atoms with Crippen LogP contribution in [0.5, 0.6) is 0 Å². The molecular weight excluding hydrogens is 166 g/mol. The molecule has 6 nitrogen and oxygen atoms in total. The molecule has 6 heteroatoms. The molecule has 0 aliphatic heterocycles. The van der Waals surface area contributed by atoms with E-state index in [-0.39, 0.29) is 6.42 Å². The summed E-state index contributed by atoms with van der Waals surface area (Å²) in [5.41, 5.74) is 1.56. The number of carbonyl (C=O) groups is 1. The van der Waals surface area contributed by atoms with Gasteiger partial charge in [0.15, 0.2) is 0 Å². The van der Waals surface area contributed by atoms with Crippen molar-refractivity contribution in [1.29, 1.82) is 0 Å². The molecule has 0 aliphatic carbocycles. The Morgan fingerprint density at radius 2 is 2.25 bits per heavy atom. The molecule has 0 aromatic carbocycles. The van der Waals surface area contributed by atoms with Crippen LogP contribution < -0.4 is 5.48 Å².